The van der Waals surface area contributed by atoms with Gasteiger partial charge in [-0.3, -0.25) is 4.98 Å². The van der Waals surface area contributed by atoms with Crippen LogP contribution in [-0.2, 0) is 6.42 Å². The van der Waals surface area contributed by atoms with Gasteiger partial charge in [0.2, 0.25) is 0 Å². The highest BCUT2D eigenvalue weighted by molar-refractivity contribution is 5.15. The predicted octanol–water partition coefficient (Wildman–Crippen LogP) is 1.45. The van der Waals surface area contributed by atoms with Crippen LogP contribution in [0, 0.1) is 0 Å². The fraction of sp³-hybridized carbons (Fsp3) is 0.500. The van der Waals surface area contributed by atoms with Crippen LogP contribution < -0.4 is 5.73 Å². The molecule has 2 N–H and O–H groups in total. The molecule has 2 rings (SSSR count). The lowest BCUT2D eigenvalue weighted by Gasteiger charge is -2.39. The van der Waals surface area contributed by atoms with Crippen LogP contribution in [0.5, 0.6) is 0 Å². The number of rotatable bonds is 2. The summed E-state index contributed by atoms with van der Waals surface area (Å²) in [6, 6.07) is 3.77. The lowest BCUT2D eigenvalue weighted by Crippen LogP contribution is -2.49. The van der Waals surface area contributed by atoms with Gasteiger partial charge in [0.05, 0.1) is 0 Å². The molecule has 0 atom stereocenters. The van der Waals surface area contributed by atoms with Crippen LogP contribution in [-0.4, -0.2) is 16.7 Å². The van der Waals surface area contributed by atoms with E-state index in [1.54, 1.807) is 12.4 Å². The van der Waals surface area contributed by atoms with Crippen molar-refractivity contribution in [3.05, 3.63) is 30.1 Å². The van der Waals surface area contributed by atoms with Gasteiger partial charge in [-0.1, -0.05) is 0 Å². The highest BCUT2D eigenvalue weighted by Gasteiger charge is 2.42. The Morgan fingerprint density at radius 1 is 1.46 bits per heavy atom. The van der Waals surface area contributed by atoms with E-state index in [9.17, 15) is 4.39 Å². The van der Waals surface area contributed by atoms with Crippen molar-refractivity contribution in [3.63, 3.8) is 0 Å². The Balaban J connectivity index is 1.99. The molecule has 2 nitrogen and oxygen atoms in total. The Morgan fingerprint density at radius 2 is 2.08 bits per heavy atom. The molecular formula is C10H13FN2. The molecule has 1 aliphatic rings. The van der Waals surface area contributed by atoms with Gasteiger partial charge in [-0.15, -0.1) is 0 Å². The van der Waals surface area contributed by atoms with E-state index in [0.717, 1.165) is 5.56 Å². The van der Waals surface area contributed by atoms with E-state index in [4.69, 9.17) is 5.73 Å². The van der Waals surface area contributed by atoms with Gasteiger partial charge in [0.25, 0.3) is 0 Å². The first-order valence-electron chi connectivity index (χ1n) is 4.51. The minimum Gasteiger partial charge on any atom is -0.327 e. The van der Waals surface area contributed by atoms with Gasteiger partial charge in [0.1, 0.15) is 5.67 Å². The maximum atomic E-state index is 13.7. The van der Waals surface area contributed by atoms with E-state index >= 15 is 0 Å². The van der Waals surface area contributed by atoms with E-state index in [0.29, 0.717) is 19.3 Å². The van der Waals surface area contributed by atoms with Crippen LogP contribution in [0.4, 0.5) is 4.39 Å². The summed E-state index contributed by atoms with van der Waals surface area (Å²) in [6.07, 6.45) is 4.85. The van der Waals surface area contributed by atoms with E-state index < -0.39 is 5.67 Å². The fourth-order valence-electron chi connectivity index (χ4n) is 1.89. The summed E-state index contributed by atoms with van der Waals surface area (Å²) in [5.74, 6) is 0. The zero-order valence-electron chi connectivity index (χ0n) is 7.41. The molecule has 1 aromatic heterocycles. The lowest BCUT2D eigenvalue weighted by atomic mass is 9.74. The summed E-state index contributed by atoms with van der Waals surface area (Å²) in [6.45, 7) is 0. The predicted molar refractivity (Wildman–Crippen MR) is 49.0 cm³/mol. The maximum absolute atomic E-state index is 13.7. The molecule has 1 saturated carbocycles. The Bertz CT molecular complexity index is 280. The van der Waals surface area contributed by atoms with Crippen molar-refractivity contribution >= 4 is 0 Å². The standard InChI is InChI=1S/C10H13FN2/c11-10(6-9(12)7-10)5-8-1-3-13-4-2-8/h1-4,9H,5-7,12H2. The number of halogens is 1. The van der Waals surface area contributed by atoms with Gasteiger partial charge in [0.15, 0.2) is 0 Å². The molecule has 70 valence electrons. The molecule has 1 heterocycles. The second-order valence-corrected chi connectivity index (χ2v) is 3.85. The van der Waals surface area contributed by atoms with Gasteiger partial charge in [0, 0.05) is 24.9 Å². The first-order chi connectivity index (χ1) is 6.18. The third-order valence-electron chi connectivity index (χ3n) is 2.53. The Kier molecular flexibility index (Phi) is 2.04. The average molecular weight is 180 g/mol. The number of hydrogen-bond donors (Lipinski definition) is 1. The summed E-state index contributed by atoms with van der Waals surface area (Å²) in [5, 5.41) is 0. The molecule has 0 unspecified atom stereocenters. The summed E-state index contributed by atoms with van der Waals surface area (Å²) >= 11 is 0. The highest BCUT2D eigenvalue weighted by Crippen LogP contribution is 2.37. The lowest BCUT2D eigenvalue weighted by molar-refractivity contribution is 0.0444. The second-order valence-electron chi connectivity index (χ2n) is 3.85. The fourth-order valence-corrected chi connectivity index (χ4v) is 1.89. The number of aromatic nitrogens is 1. The van der Waals surface area contributed by atoms with Crippen molar-refractivity contribution in [2.24, 2.45) is 5.73 Å². The first kappa shape index (κ1) is 8.63. The van der Waals surface area contributed by atoms with Crippen LogP contribution in [0.2, 0.25) is 0 Å². The summed E-state index contributed by atoms with van der Waals surface area (Å²) in [4.78, 5) is 3.89. The third kappa shape index (κ3) is 1.86. The number of alkyl halides is 1. The van der Waals surface area contributed by atoms with Crippen molar-refractivity contribution in [1.29, 1.82) is 0 Å². The minimum atomic E-state index is -1.05. The highest BCUT2D eigenvalue weighted by atomic mass is 19.1. The van der Waals surface area contributed by atoms with E-state index in [1.165, 1.54) is 0 Å². The molecule has 0 saturated heterocycles. The first-order valence-corrected chi connectivity index (χ1v) is 4.51. The Labute approximate surface area is 77.0 Å². The number of nitrogens with two attached hydrogens (primary N) is 1. The zero-order valence-corrected chi connectivity index (χ0v) is 7.41. The molecule has 0 amide bonds. The van der Waals surface area contributed by atoms with Crippen LogP contribution in [0.15, 0.2) is 24.5 Å². The molecular weight excluding hydrogens is 167 g/mol. The van der Waals surface area contributed by atoms with E-state index in [1.807, 2.05) is 12.1 Å². The minimum absolute atomic E-state index is 0.0619. The van der Waals surface area contributed by atoms with Gasteiger partial charge < -0.3 is 5.73 Å². The molecule has 0 aliphatic heterocycles. The molecule has 0 spiro atoms. The number of hydrogen-bond acceptors (Lipinski definition) is 2. The number of nitrogens with zero attached hydrogens (tertiary/aromatic N) is 1. The van der Waals surface area contributed by atoms with Crippen LogP contribution in [0.1, 0.15) is 18.4 Å². The molecule has 0 aromatic carbocycles. The Hall–Kier alpha value is -0.960. The van der Waals surface area contributed by atoms with Crippen LogP contribution in [0.25, 0.3) is 0 Å². The van der Waals surface area contributed by atoms with Crippen molar-refractivity contribution in [2.75, 3.05) is 0 Å². The Morgan fingerprint density at radius 3 is 2.62 bits per heavy atom. The van der Waals surface area contributed by atoms with Crippen LogP contribution >= 0.6 is 0 Å². The quantitative estimate of drug-likeness (QED) is 0.748. The molecule has 1 aliphatic carbocycles. The van der Waals surface area contributed by atoms with E-state index in [2.05, 4.69) is 4.98 Å². The molecule has 1 aromatic rings. The van der Waals surface area contributed by atoms with Gasteiger partial charge in [-0.2, -0.15) is 0 Å². The molecule has 0 bridgehead atoms. The van der Waals surface area contributed by atoms with Crippen molar-refractivity contribution in [2.45, 2.75) is 31.0 Å². The molecule has 0 radical (unpaired) electrons. The SMILES string of the molecule is NC1CC(F)(Cc2ccncc2)C1. The maximum Gasteiger partial charge on any atom is 0.118 e. The van der Waals surface area contributed by atoms with Crippen molar-refractivity contribution in [3.8, 4) is 0 Å². The smallest absolute Gasteiger partial charge is 0.118 e. The van der Waals surface area contributed by atoms with Crippen LogP contribution in [0.3, 0.4) is 0 Å². The zero-order chi connectivity index (χ0) is 9.31. The molecule has 1 fully saturated rings. The monoisotopic (exact) mass is 180 g/mol. The van der Waals surface area contributed by atoms with Gasteiger partial charge >= 0.3 is 0 Å². The summed E-state index contributed by atoms with van der Waals surface area (Å²) in [7, 11) is 0. The van der Waals surface area contributed by atoms with Gasteiger partial charge in [-0.05, 0) is 30.5 Å². The second kappa shape index (κ2) is 3.07. The molecule has 3 heteroatoms. The number of pyridine rings is 1. The third-order valence-corrected chi connectivity index (χ3v) is 2.53. The van der Waals surface area contributed by atoms with Crippen molar-refractivity contribution in [1.82, 2.24) is 4.98 Å². The van der Waals surface area contributed by atoms with Crippen molar-refractivity contribution < 1.29 is 4.39 Å². The molecule has 13 heavy (non-hydrogen) atoms. The topological polar surface area (TPSA) is 38.9 Å². The normalized spacial score (nSPS) is 32.6. The average Bonchev–Trinajstić information content (AvgIpc) is 2.03. The summed E-state index contributed by atoms with van der Waals surface area (Å²) < 4.78 is 13.7. The summed E-state index contributed by atoms with van der Waals surface area (Å²) in [5.41, 5.74) is 5.50. The van der Waals surface area contributed by atoms with Gasteiger partial charge in [-0.25, -0.2) is 4.39 Å². The van der Waals surface area contributed by atoms with E-state index in [-0.39, 0.29) is 6.04 Å². The largest absolute Gasteiger partial charge is 0.327 e.